The molecular weight excluding hydrogens is 270 g/mol. The lowest BCUT2D eigenvalue weighted by molar-refractivity contribution is 0.181. The molecule has 0 atom stereocenters. The van der Waals surface area contributed by atoms with Crippen molar-refractivity contribution < 1.29 is 14.2 Å². The molecule has 0 bridgehead atoms. The quantitative estimate of drug-likeness (QED) is 0.930. The third-order valence-corrected chi connectivity index (χ3v) is 3.10. The van der Waals surface area contributed by atoms with E-state index in [0.717, 1.165) is 23.4 Å². The number of benzene rings is 1. The number of rotatable bonds is 3. The van der Waals surface area contributed by atoms with E-state index in [0.29, 0.717) is 37.2 Å². The molecule has 2 N–H and O–H groups in total. The van der Waals surface area contributed by atoms with Crippen LogP contribution in [0.15, 0.2) is 24.3 Å². The maximum absolute atomic E-state index is 5.83. The summed E-state index contributed by atoms with van der Waals surface area (Å²) >= 11 is 0. The van der Waals surface area contributed by atoms with E-state index in [1.165, 1.54) is 0 Å². The van der Waals surface area contributed by atoms with Gasteiger partial charge in [-0.15, -0.1) is 0 Å². The lowest BCUT2D eigenvalue weighted by Gasteiger charge is -2.10. The molecule has 0 saturated carbocycles. The second-order valence-corrected chi connectivity index (χ2v) is 4.75. The maximum Gasteiger partial charge on any atom is 0.161 e. The van der Waals surface area contributed by atoms with Gasteiger partial charge in [-0.1, -0.05) is 0 Å². The molecule has 0 spiro atoms. The molecule has 21 heavy (non-hydrogen) atoms. The molecule has 1 aliphatic heterocycles. The number of ether oxygens (including phenoxy) is 3. The van der Waals surface area contributed by atoms with Crippen molar-refractivity contribution in [2.75, 3.05) is 26.1 Å². The molecule has 0 radical (unpaired) electrons. The number of nitrogens with two attached hydrogens (primary N) is 1. The van der Waals surface area contributed by atoms with Gasteiger partial charge in [-0.3, -0.25) is 0 Å². The minimum absolute atomic E-state index is 0.393. The molecule has 3 rings (SSSR count). The first-order chi connectivity index (χ1) is 10.3. The molecule has 0 fully saturated rings. The topological polar surface area (TPSA) is 79.5 Å². The fraction of sp³-hybridized carbons (Fsp3) is 0.333. The highest BCUT2D eigenvalue weighted by molar-refractivity contribution is 5.62. The Balaban J connectivity index is 1.98. The van der Waals surface area contributed by atoms with Crippen LogP contribution in [0.5, 0.6) is 11.5 Å². The number of nitrogens with zero attached hydrogens (tertiary/aromatic N) is 2. The van der Waals surface area contributed by atoms with Gasteiger partial charge in [-0.25, -0.2) is 9.97 Å². The van der Waals surface area contributed by atoms with Gasteiger partial charge in [0, 0.05) is 25.2 Å². The summed E-state index contributed by atoms with van der Waals surface area (Å²) in [7, 11) is 1.62. The average molecular weight is 287 g/mol. The first kappa shape index (κ1) is 13.6. The minimum atomic E-state index is 0.393. The van der Waals surface area contributed by atoms with Crippen LogP contribution in [-0.2, 0) is 11.3 Å². The van der Waals surface area contributed by atoms with E-state index in [1.54, 1.807) is 13.2 Å². The Morgan fingerprint density at radius 3 is 2.76 bits per heavy atom. The fourth-order valence-electron chi connectivity index (χ4n) is 2.17. The number of hydrogen-bond acceptors (Lipinski definition) is 6. The average Bonchev–Trinajstić information content (AvgIpc) is 2.71. The Morgan fingerprint density at radius 1 is 1.14 bits per heavy atom. The smallest absolute Gasteiger partial charge is 0.161 e. The van der Waals surface area contributed by atoms with E-state index >= 15 is 0 Å². The highest BCUT2D eigenvalue weighted by Gasteiger charge is 2.13. The summed E-state index contributed by atoms with van der Waals surface area (Å²) in [5.41, 5.74) is 7.41. The summed E-state index contributed by atoms with van der Waals surface area (Å²) in [5.74, 6) is 2.43. The van der Waals surface area contributed by atoms with Crippen LogP contribution in [0.4, 0.5) is 5.82 Å². The number of hydrogen-bond donors (Lipinski definition) is 1. The highest BCUT2D eigenvalue weighted by Crippen LogP contribution is 2.33. The Labute approximate surface area is 122 Å². The van der Waals surface area contributed by atoms with Crippen LogP contribution < -0.4 is 15.2 Å². The van der Waals surface area contributed by atoms with Crippen molar-refractivity contribution in [3.05, 3.63) is 30.0 Å². The summed E-state index contributed by atoms with van der Waals surface area (Å²) in [5, 5.41) is 0. The Bertz CT molecular complexity index is 646. The van der Waals surface area contributed by atoms with E-state index in [2.05, 4.69) is 9.97 Å². The van der Waals surface area contributed by atoms with Crippen LogP contribution in [0.25, 0.3) is 11.4 Å². The normalized spacial score (nSPS) is 13.8. The molecule has 1 aromatic heterocycles. The molecular formula is C15H17N3O3. The highest BCUT2D eigenvalue weighted by atomic mass is 16.5. The number of methoxy groups -OCH3 is 1. The van der Waals surface area contributed by atoms with Crippen LogP contribution in [0.3, 0.4) is 0 Å². The van der Waals surface area contributed by atoms with Crippen LogP contribution in [0.2, 0.25) is 0 Å². The molecule has 2 heterocycles. The molecule has 1 aliphatic rings. The van der Waals surface area contributed by atoms with Gasteiger partial charge in [0.05, 0.1) is 25.5 Å². The molecule has 6 heteroatoms. The Kier molecular flexibility index (Phi) is 3.87. The number of aromatic nitrogens is 2. The minimum Gasteiger partial charge on any atom is -0.490 e. The van der Waals surface area contributed by atoms with Crippen molar-refractivity contribution in [2.45, 2.75) is 13.0 Å². The molecule has 0 amide bonds. The van der Waals surface area contributed by atoms with Crippen LogP contribution in [0.1, 0.15) is 12.1 Å². The standard InChI is InChI=1S/C15H17N3O3/c1-19-9-11-8-14(16)18-15(17-11)10-3-4-12-13(7-10)21-6-2-5-20-12/h3-4,7-8H,2,5-6,9H2,1H3,(H2,16,17,18). The summed E-state index contributed by atoms with van der Waals surface area (Å²) in [6.07, 6.45) is 0.872. The van der Waals surface area contributed by atoms with Crippen molar-refractivity contribution >= 4 is 5.82 Å². The van der Waals surface area contributed by atoms with E-state index in [-0.39, 0.29) is 0 Å². The zero-order chi connectivity index (χ0) is 14.7. The number of nitrogen functional groups attached to an aromatic ring is 1. The van der Waals surface area contributed by atoms with E-state index in [4.69, 9.17) is 19.9 Å². The molecule has 0 unspecified atom stereocenters. The van der Waals surface area contributed by atoms with Crippen molar-refractivity contribution in [3.63, 3.8) is 0 Å². The zero-order valence-electron chi connectivity index (χ0n) is 11.8. The SMILES string of the molecule is COCc1cc(N)nc(-c2ccc3c(c2)OCCCO3)n1. The van der Waals surface area contributed by atoms with Gasteiger partial charge in [0.15, 0.2) is 17.3 Å². The first-order valence-corrected chi connectivity index (χ1v) is 6.78. The zero-order valence-corrected chi connectivity index (χ0v) is 11.8. The van der Waals surface area contributed by atoms with Crippen molar-refractivity contribution in [1.82, 2.24) is 9.97 Å². The largest absolute Gasteiger partial charge is 0.490 e. The number of fused-ring (bicyclic) bond motifs is 1. The molecule has 110 valence electrons. The summed E-state index contributed by atoms with van der Waals surface area (Å²) in [4.78, 5) is 8.73. The van der Waals surface area contributed by atoms with Crippen molar-refractivity contribution in [3.8, 4) is 22.9 Å². The predicted octanol–water partition coefficient (Wildman–Crippen LogP) is 2.03. The van der Waals surface area contributed by atoms with Crippen molar-refractivity contribution in [1.29, 1.82) is 0 Å². The fourth-order valence-corrected chi connectivity index (χ4v) is 2.17. The Morgan fingerprint density at radius 2 is 1.95 bits per heavy atom. The van der Waals surface area contributed by atoms with Crippen molar-refractivity contribution in [2.24, 2.45) is 0 Å². The van der Waals surface area contributed by atoms with Crippen LogP contribution in [0, 0.1) is 0 Å². The molecule has 2 aromatic rings. The van der Waals surface area contributed by atoms with Crippen LogP contribution >= 0.6 is 0 Å². The monoisotopic (exact) mass is 287 g/mol. The molecule has 0 aliphatic carbocycles. The van der Waals surface area contributed by atoms with Gasteiger partial charge < -0.3 is 19.9 Å². The van der Waals surface area contributed by atoms with Gasteiger partial charge in [0.25, 0.3) is 0 Å². The molecule has 1 aromatic carbocycles. The van der Waals surface area contributed by atoms with Gasteiger partial charge >= 0.3 is 0 Å². The summed E-state index contributed by atoms with van der Waals surface area (Å²) in [6, 6.07) is 7.36. The van der Waals surface area contributed by atoms with Crippen LogP contribution in [-0.4, -0.2) is 30.3 Å². The lowest BCUT2D eigenvalue weighted by atomic mass is 10.2. The Hall–Kier alpha value is -2.34. The predicted molar refractivity (Wildman–Crippen MR) is 78.2 cm³/mol. The van der Waals surface area contributed by atoms with E-state index in [9.17, 15) is 0 Å². The van der Waals surface area contributed by atoms with Gasteiger partial charge in [0.1, 0.15) is 5.82 Å². The van der Waals surface area contributed by atoms with Gasteiger partial charge in [-0.05, 0) is 18.2 Å². The molecule has 6 nitrogen and oxygen atoms in total. The third-order valence-electron chi connectivity index (χ3n) is 3.10. The van der Waals surface area contributed by atoms with Gasteiger partial charge in [0.2, 0.25) is 0 Å². The van der Waals surface area contributed by atoms with E-state index < -0.39 is 0 Å². The second kappa shape index (κ2) is 5.97. The third kappa shape index (κ3) is 3.05. The molecule has 0 saturated heterocycles. The lowest BCUT2D eigenvalue weighted by Crippen LogP contribution is -2.01. The second-order valence-electron chi connectivity index (χ2n) is 4.75. The maximum atomic E-state index is 5.83. The first-order valence-electron chi connectivity index (χ1n) is 6.78. The van der Waals surface area contributed by atoms with Gasteiger partial charge in [-0.2, -0.15) is 0 Å². The number of anilines is 1. The van der Waals surface area contributed by atoms with E-state index in [1.807, 2.05) is 18.2 Å². The summed E-state index contributed by atoms with van der Waals surface area (Å²) < 4.78 is 16.4. The summed E-state index contributed by atoms with van der Waals surface area (Å²) in [6.45, 7) is 1.70.